The van der Waals surface area contributed by atoms with E-state index in [1.165, 1.54) is 10.5 Å². The second-order valence-electron chi connectivity index (χ2n) is 6.10. The lowest BCUT2D eigenvalue weighted by atomic mass is 10.1. The van der Waals surface area contributed by atoms with E-state index in [0.717, 1.165) is 24.2 Å². The van der Waals surface area contributed by atoms with Gasteiger partial charge in [0.2, 0.25) is 11.8 Å². The van der Waals surface area contributed by atoms with Gasteiger partial charge < -0.3 is 15.0 Å². The Morgan fingerprint density at radius 1 is 1.22 bits per heavy atom. The average Bonchev–Trinajstić information content (AvgIpc) is 2.49. The molecule has 0 bridgehead atoms. The summed E-state index contributed by atoms with van der Waals surface area (Å²) in [5.41, 5.74) is 2.29. The van der Waals surface area contributed by atoms with Crippen LogP contribution in [-0.4, -0.2) is 43.5 Å². The molecule has 1 rings (SSSR count). The molecule has 1 aromatic rings. The number of rotatable bonds is 8. The van der Waals surface area contributed by atoms with Crippen LogP contribution in [0, 0.1) is 13.8 Å². The van der Waals surface area contributed by atoms with E-state index >= 15 is 0 Å². The minimum atomic E-state index is -0.483. The third kappa shape index (κ3) is 6.72. The highest BCUT2D eigenvalue weighted by Crippen LogP contribution is 2.19. The first-order chi connectivity index (χ1) is 10.8. The smallest absolute Gasteiger partial charge is 0.244 e. The summed E-state index contributed by atoms with van der Waals surface area (Å²) < 4.78 is 5.76. The average molecular weight is 320 g/mol. The van der Waals surface area contributed by atoms with Crippen LogP contribution in [0.5, 0.6) is 5.75 Å². The van der Waals surface area contributed by atoms with Gasteiger partial charge in [0.05, 0.1) is 6.61 Å². The second-order valence-corrected chi connectivity index (χ2v) is 6.10. The molecule has 128 valence electrons. The van der Waals surface area contributed by atoms with Crippen LogP contribution in [0.15, 0.2) is 18.2 Å². The van der Waals surface area contributed by atoms with Crippen LogP contribution in [0.1, 0.15) is 37.3 Å². The number of hydrogen-bond acceptors (Lipinski definition) is 3. The molecule has 0 saturated heterocycles. The number of aryl methyl sites for hydroxylation is 2. The molecule has 5 heteroatoms. The summed E-state index contributed by atoms with van der Waals surface area (Å²) in [6.45, 7) is 6.34. The van der Waals surface area contributed by atoms with Gasteiger partial charge in [-0.3, -0.25) is 9.59 Å². The van der Waals surface area contributed by atoms with E-state index in [1.54, 1.807) is 21.0 Å². The lowest BCUT2D eigenvalue weighted by Crippen LogP contribution is -2.44. The lowest BCUT2D eigenvalue weighted by Gasteiger charge is -2.17. The number of carbonyl (C=O) groups is 2. The van der Waals surface area contributed by atoms with Gasteiger partial charge in [-0.1, -0.05) is 12.1 Å². The predicted octanol–water partition coefficient (Wildman–Crippen LogP) is 2.45. The largest absolute Gasteiger partial charge is 0.493 e. The maximum atomic E-state index is 11.8. The number of amides is 2. The Hall–Kier alpha value is -2.04. The summed E-state index contributed by atoms with van der Waals surface area (Å²) in [5.74, 6) is 0.704. The summed E-state index contributed by atoms with van der Waals surface area (Å²) in [6, 6.07) is 5.64. The van der Waals surface area contributed by atoms with E-state index in [2.05, 4.69) is 11.4 Å². The Kier molecular flexibility index (Phi) is 7.59. The third-order valence-electron chi connectivity index (χ3n) is 3.59. The lowest BCUT2D eigenvalue weighted by molar-refractivity contribution is -0.133. The van der Waals surface area contributed by atoms with Crippen molar-refractivity contribution in [2.24, 2.45) is 0 Å². The van der Waals surface area contributed by atoms with E-state index in [9.17, 15) is 9.59 Å². The maximum Gasteiger partial charge on any atom is 0.244 e. The molecule has 0 fully saturated rings. The number of ether oxygens (including phenoxy) is 1. The SMILES string of the molecule is Cc1ccc(C)c(OCCCCC(=O)N[C@H](C)C(=O)N(C)C)c1. The fraction of sp³-hybridized carbons (Fsp3) is 0.556. The maximum absolute atomic E-state index is 11.8. The quantitative estimate of drug-likeness (QED) is 0.749. The van der Waals surface area contributed by atoms with Crippen LogP contribution in [0.25, 0.3) is 0 Å². The topological polar surface area (TPSA) is 58.6 Å². The molecule has 1 N–H and O–H groups in total. The first kappa shape index (κ1) is 19.0. The number of hydrogen-bond donors (Lipinski definition) is 1. The van der Waals surface area contributed by atoms with Gasteiger partial charge in [0, 0.05) is 20.5 Å². The van der Waals surface area contributed by atoms with Crippen LogP contribution in [0.3, 0.4) is 0 Å². The molecular formula is C18H28N2O3. The molecule has 0 spiro atoms. The summed E-state index contributed by atoms with van der Waals surface area (Å²) in [6.07, 6.45) is 1.94. The predicted molar refractivity (Wildman–Crippen MR) is 91.6 cm³/mol. The second kappa shape index (κ2) is 9.18. The van der Waals surface area contributed by atoms with Gasteiger partial charge in [-0.2, -0.15) is 0 Å². The van der Waals surface area contributed by atoms with E-state index in [-0.39, 0.29) is 11.8 Å². The fourth-order valence-electron chi connectivity index (χ4n) is 2.20. The molecule has 0 aromatic heterocycles. The van der Waals surface area contributed by atoms with Crippen molar-refractivity contribution < 1.29 is 14.3 Å². The molecule has 1 atom stereocenters. The highest BCUT2D eigenvalue weighted by Gasteiger charge is 2.16. The van der Waals surface area contributed by atoms with Crippen LogP contribution >= 0.6 is 0 Å². The van der Waals surface area contributed by atoms with E-state index in [4.69, 9.17) is 4.74 Å². The van der Waals surface area contributed by atoms with Crippen molar-refractivity contribution in [2.75, 3.05) is 20.7 Å². The number of unbranched alkanes of at least 4 members (excludes halogenated alkanes) is 1. The highest BCUT2D eigenvalue weighted by molar-refractivity contribution is 5.86. The zero-order chi connectivity index (χ0) is 17.4. The van der Waals surface area contributed by atoms with E-state index in [0.29, 0.717) is 13.0 Å². The van der Waals surface area contributed by atoms with Crippen LogP contribution < -0.4 is 10.1 Å². The zero-order valence-corrected chi connectivity index (χ0v) is 14.8. The van der Waals surface area contributed by atoms with Crippen molar-refractivity contribution in [2.45, 2.75) is 46.1 Å². The number of carbonyl (C=O) groups excluding carboxylic acids is 2. The Morgan fingerprint density at radius 2 is 1.91 bits per heavy atom. The number of likely N-dealkylation sites (N-methyl/N-ethyl adjacent to an activating group) is 1. The highest BCUT2D eigenvalue weighted by atomic mass is 16.5. The molecule has 0 aliphatic heterocycles. The molecule has 2 amide bonds. The first-order valence-corrected chi connectivity index (χ1v) is 8.02. The summed E-state index contributed by atoms with van der Waals surface area (Å²) in [5, 5.41) is 2.72. The van der Waals surface area contributed by atoms with Crippen LogP contribution in [0.2, 0.25) is 0 Å². The van der Waals surface area contributed by atoms with Crippen molar-refractivity contribution in [1.29, 1.82) is 0 Å². The molecule has 5 nitrogen and oxygen atoms in total. The van der Waals surface area contributed by atoms with Gasteiger partial charge >= 0.3 is 0 Å². The number of benzene rings is 1. The van der Waals surface area contributed by atoms with Gasteiger partial charge in [-0.05, 0) is 50.8 Å². The summed E-state index contributed by atoms with van der Waals surface area (Å²) >= 11 is 0. The van der Waals surface area contributed by atoms with Crippen molar-refractivity contribution in [3.05, 3.63) is 29.3 Å². The molecule has 0 heterocycles. The number of nitrogens with zero attached hydrogens (tertiary/aromatic N) is 1. The van der Waals surface area contributed by atoms with Crippen molar-refractivity contribution >= 4 is 11.8 Å². The zero-order valence-electron chi connectivity index (χ0n) is 14.8. The van der Waals surface area contributed by atoms with Crippen molar-refractivity contribution in [3.8, 4) is 5.75 Å². The Bertz CT molecular complexity index is 541. The molecule has 23 heavy (non-hydrogen) atoms. The Morgan fingerprint density at radius 3 is 2.57 bits per heavy atom. The first-order valence-electron chi connectivity index (χ1n) is 8.02. The van der Waals surface area contributed by atoms with Gasteiger partial charge in [0.25, 0.3) is 0 Å². The Labute approximate surface area is 139 Å². The molecule has 0 unspecified atom stereocenters. The molecule has 0 aliphatic carbocycles. The van der Waals surface area contributed by atoms with Crippen molar-refractivity contribution in [1.82, 2.24) is 10.2 Å². The van der Waals surface area contributed by atoms with E-state index in [1.807, 2.05) is 26.0 Å². The van der Waals surface area contributed by atoms with Crippen LogP contribution in [-0.2, 0) is 9.59 Å². The molecular weight excluding hydrogens is 292 g/mol. The van der Waals surface area contributed by atoms with Gasteiger partial charge in [0.15, 0.2) is 0 Å². The monoisotopic (exact) mass is 320 g/mol. The van der Waals surface area contributed by atoms with Gasteiger partial charge in [0.1, 0.15) is 11.8 Å². The summed E-state index contributed by atoms with van der Waals surface area (Å²) in [4.78, 5) is 24.9. The Balaban J connectivity index is 2.23. The molecule has 0 radical (unpaired) electrons. The van der Waals surface area contributed by atoms with Gasteiger partial charge in [-0.25, -0.2) is 0 Å². The molecule has 0 saturated carbocycles. The van der Waals surface area contributed by atoms with Crippen LogP contribution in [0.4, 0.5) is 0 Å². The van der Waals surface area contributed by atoms with Gasteiger partial charge in [-0.15, -0.1) is 0 Å². The fourth-order valence-corrected chi connectivity index (χ4v) is 2.20. The van der Waals surface area contributed by atoms with E-state index < -0.39 is 6.04 Å². The molecule has 0 aliphatic rings. The standard InChI is InChI=1S/C18H28N2O3/c1-13-9-10-14(2)16(12-13)23-11-7-6-8-17(21)19-15(3)18(22)20(4)5/h9-10,12,15H,6-8,11H2,1-5H3,(H,19,21)/t15-/m1/s1. The number of nitrogens with one attached hydrogen (secondary N) is 1. The molecule has 1 aromatic carbocycles. The minimum absolute atomic E-state index is 0.0977. The summed E-state index contributed by atoms with van der Waals surface area (Å²) in [7, 11) is 3.35. The normalized spacial score (nSPS) is 11.7. The minimum Gasteiger partial charge on any atom is -0.493 e. The van der Waals surface area contributed by atoms with Crippen molar-refractivity contribution in [3.63, 3.8) is 0 Å². The third-order valence-corrected chi connectivity index (χ3v) is 3.59.